The third-order valence-electron chi connectivity index (χ3n) is 2.31. The molecule has 0 fully saturated rings. The summed E-state index contributed by atoms with van der Waals surface area (Å²) in [7, 11) is 1.35. The summed E-state index contributed by atoms with van der Waals surface area (Å²) in [5.41, 5.74) is 2.12. The molecule has 0 aliphatic carbocycles. The first-order valence-corrected chi connectivity index (χ1v) is 5.07. The molecule has 0 atom stereocenters. The van der Waals surface area contributed by atoms with Gasteiger partial charge in [0.2, 0.25) is 0 Å². The van der Waals surface area contributed by atoms with E-state index in [1.54, 1.807) is 16.6 Å². The zero-order chi connectivity index (χ0) is 11.7. The van der Waals surface area contributed by atoms with Gasteiger partial charge in [0.05, 0.1) is 24.9 Å². The SMILES string of the molecule is COC(=O)Cc1nc2ccc(Cl)nn2c1C. The Labute approximate surface area is 97.0 Å². The van der Waals surface area contributed by atoms with Gasteiger partial charge in [-0.25, -0.2) is 9.50 Å². The lowest BCUT2D eigenvalue weighted by molar-refractivity contribution is -0.139. The van der Waals surface area contributed by atoms with Gasteiger partial charge in [0.25, 0.3) is 0 Å². The van der Waals surface area contributed by atoms with E-state index in [0.29, 0.717) is 16.5 Å². The molecule has 2 aromatic heterocycles. The summed E-state index contributed by atoms with van der Waals surface area (Å²) in [6, 6.07) is 3.41. The Morgan fingerprint density at radius 1 is 1.56 bits per heavy atom. The molecule has 2 heterocycles. The van der Waals surface area contributed by atoms with E-state index in [1.807, 2.05) is 6.92 Å². The fourth-order valence-electron chi connectivity index (χ4n) is 1.44. The molecular formula is C10H10ClN3O2. The van der Waals surface area contributed by atoms with Gasteiger partial charge in [0.1, 0.15) is 5.15 Å². The van der Waals surface area contributed by atoms with Crippen LogP contribution >= 0.6 is 11.6 Å². The van der Waals surface area contributed by atoms with Gasteiger partial charge in [0, 0.05) is 0 Å². The van der Waals surface area contributed by atoms with Crippen molar-refractivity contribution in [2.45, 2.75) is 13.3 Å². The number of halogens is 1. The standard InChI is InChI=1S/C10H10ClN3O2/c1-6-7(5-10(15)16-2)12-9-4-3-8(11)13-14(6)9/h3-4H,5H2,1-2H3. The van der Waals surface area contributed by atoms with Crippen LogP contribution < -0.4 is 0 Å². The van der Waals surface area contributed by atoms with Crippen molar-refractivity contribution >= 4 is 23.2 Å². The Morgan fingerprint density at radius 2 is 2.31 bits per heavy atom. The predicted octanol–water partition coefficient (Wildman–Crippen LogP) is 1.41. The number of aryl methyl sites for hydroxylation is 1. The molecule has 0 aliphatic heterocycles. The number of carbonyl (C=O) groups is 1. The molecule has 0 saturated carbocycles. The van der Waals surface area contributed by atoms with Crippen LogP contribution in [0.15, 0.2) is 12.1 Å². The lowest BCUT2D eigenvalue weighted by Gasteiger charge is -1.97. The molecule has 16 heavy (non-hydrogen) atoms. The van der Waals surface area contributed by atoms with E-state index < -0.39 is 0 Å². The quantitative estimate of drug-likeness (QED) is 0.744. The Hall–Kier alpha value is -1.62. The van der Waals surface area contributed by atoms with Crippen molar-refractivity contribution in [3.8, 4) is 0 Å². The summed E-state index contributed by atoms with van der Waals surface area (Å²) in [6.07, 6.45) is 0.142. The van der Waals surface area contributed by atoms with Gasteiger partial charge in [-0.05, 0) is 19.1 Å². The molecule has 0 amide bonds. The predicted molar refractivity (Wildman–Crippen MR) is 58.5 cm³/mol. The number of carbonyl (C=O) groups excluding carboxylic acids is 1. The van der Waals surface area contributed by atoms with E-state index in [-0.39, 0.29) is 12.4 Å². The number of nitrogens with zero attached hydrogens (tertiary/aromatic N) is 3. The largest absolute Gasteiger partial charge is 0.469 e. The van der Waals surface area contributed by atoms with E-state index in [2.05, 4.69) is 14.8 Å². The van der Waals surface area contributed by atoms with Crippen LogP contribution in [0.1, 0.15) is 11.4 Å². The number of rotatable bonds is 2. The van der Waals surface area contributed by atoms with E-state index in [0.717, 1.165) is 5.69 Å². The molecule has 5 nitrogen and oxygen atoms in total. The second-order valence-corrected chi connectivity index (χ2v) is 3.71. The smallest absolute Gasteiger partial charge is 0.311 e. The molecule has 0 spiro atoms. The lowest BCUT2D eigenvalue weighted by atomic mass is 10.3. The topological polar surface area (TPSA) is 56.5 Å². The molecule has 84 valence electrons. The van der Waals surface area contributed by atoms with Crippen LogP contribution in [0.2, 0.25) is 5.15 Å². The Balaban J connectivity index is 2.48. The monoisotopic (exact) mass is 239 g/mol. The minimum atomic E-state index is -0.322. The Bertz CT molecular complexity index is 550. The highest BCUT2D eigenvalue weighted by Gasteiger charge is 2.13. The number of ether oxygens (including phenoxy) is 1. The summed E-state index contributed by atoms with van der Waals surface area (Å²) in [5.74, 6) is -0.322. The fraction of sp³-hybridized carbons (Fsp3) is 0.300. The summed E-state index contributed by atoms with van der Waals surface area (Å²) in [5, 5.41) is 4.48. The van der Waals surface area contributed by atoms with Crippen molar-refractivity contribution in [1.82, 2.24) is 14.6 Å². The minimum Gasteiger partial charge on any atom is -0.469 e. The number of fused-ring (bicyclic) bond motifs is 1. The summed E-state index contributed by atoms with van der Waals surface area (Å²) in [6.45, 7) is 1.83. The fourth-order valence-corrected chi connectivity index (χ4v) is 1.58. The third kappa shape index (κ3) is 1.86. The van der Waals surface area contributed by atoms with Crippen LogP contribution in [-0.2, 0) is 16.0 Å². The lowest BCUT2D eigenvalue weighted by Crippen LogP contribution is -2.06. The molecular weight excluding hydrogens is 230 g/mol. The minimum absolute atomic E-state index is 0.142. The Kier molecular flexibility index (Phi) is 2.78. The Morgan fingerprint density at radius 3 is 3.00 bits per heavy atom. The number of imidazole rings is 1. The molecule has 0 aliphatic rings. The van der Waals surface area contributed by atoms with Gasteiger partial charge in [-0.3, -0.25) is 4.79 Å². The molecule has 6 heteroatoms. The second-order valence-electron chi connectivity index (χ2n) is 3.32. The maximum absolute atomic E-state index is 11.2. The van der Waals surface area contributed by atoms with Gasteiger partial charge in [-0.1, -0.05) is 11.6 Å². The summed E-state index contributed by atoms with van der Waals surface area (Å²) < 4.78 is 6.21. The van der Waals surface area contributed by atoms with Crippen LogP contribution in [-0.4, -0.2) is 27.7 Å². The van der Waals surface area contributed by atoms with Crippen molar-refractivity contribution in [1.29, 1.82) is 0 Å². The number of esters is 1. The van der Waals surface area contributed by atoms with Gasteiger partial charge >= 0.3 is 5.97 Å². The zero-order valence-electron chi connectivity index (χ0n) is 8.90. The van der Waals surface area contributed by atoms with E-state index in [4.69, 9.17) is 11.6 Å². The highest BCUT2D eigenvalue weighted by atomic mass is 35.5. The average Bonchev–Trinajstić information content (AvgIpc) is 2.56. The highest BCUT2D eigenvalue weighted by Crippen LogP contribution is 2.13. The maximum atomic E-state index is 11.2. The third-order valence-corrected chi connectivity index (χ3v) is 2.51. The number of aromatic nitrogens is 3. The van der Waals surface area contributed by atoms with Crippen molar-refractivity contribution in [3.05, 3.63) is 28.7 Å². The number of methoxy groups -OCH3 is 1. The molecule has 2 aromatic rings. The van der Waals surface area contributed by atoms with Gasteiger partial charge in [-0.2, -0.15) is 5.10 Å². The van der Waals surface area contributed by atoms with Crippen LogP contribution in [0.5, 0.6) is 0 Å². The molecule has 0 unspecified atom stereocenters. The van der Waals surface area contributed by atoms with Crippen LogP contribution in [0.4, 0.5) is 0 Å². The number of hydrogen-bond donors (Lipinski definition) is 0. The highest BCUT2D eigenvalue weighted by molar-refractivity contribution is 6.29. The van der Waals surface area contributed by atoms with Crippen LogP contribution in [0, 0.1) is 6.92 Å². The maximum Gasteiger partial charge on any atom is 0.311 e. The normalized spacial score (nSPS) is 10.7. The van der Waals surface area contributed by atoms with Gasteiger partial charge in [0.15, 0.2) is 5.65 Å². The van der Waals surface area contributed by atoms with E-state index >= 15 is 0 Å². The average molecular weight is 240 g/mol. The van der Waals surface area contributed by atoms with Crippen molar-refractivity contribution in [3.63, 3.8) is 0 Å². The first-order chi connectivity index (χ1) is 7.61. The molecule has 0 radical (unpaired) electrons. The molecule has 0 saturated heterocycles. The first kappa shape index (κ1) is 10.9. The molecule has 0 N–H and O–H groups in total. The van der Waals surface area contributed by atoms with Crippen molar-refractivity contribution < 1.29 is 9.53 Å². The van der Waals surface area contributed by atoms with Crippen molar-refractivity contribution in [2.75, 3.05) is 7.11 Å². The van der Waals surface area contributed by atoms with Gasteiger partial charge < -0.3 is 4.74 Å². The van der Waals surface area contributed by atoms with E-state index in [9.17, 15) is 4.79 Å². The molecule has 0 aromatic carbocycles. The molecule has 2 rings (SSSR count). The summed E-state index contributed by atoms with van der Waals surface area (Å²) >= 11 is 5.78. The zero-order valence-corrected chi connectivity index (χ0v) is 9.65. The second kappa shape index (κ2) is 4.09. The first-order valence-electron chi connectivity index (χ1n) is 4.69. The summed E-state index contributed by atoms with van der Waals surface area (Å²) in [4.78, 5) is 15.4. The van der Waals surface area contributed by atoms with Crippen LogP contribution in [0.3, 0.4) is 0 Å². The van der Waals surface area contributed by atoms with Crippen LogP contribution in [0.25, 0.3) is 5.65 Å². The van der Waals surface area contributed by atoms with Crippen molar-refractivity contribution in [2.24, 2.45) is 0 Å². The number of hydrogen-bond acceptors (Lipinski definition) is 4. The van der Waals surface area contributed by atoms with Gasteiger partial charge in [-0.15, -0.1) is 0 Å². The van der Waals surface area contributed by atoms with E-state index in [1.165, 1.54) is 7.11 Å². The molecule has 0 bridgehead atoms.